The highest BCUT2D eigenvalue weighted by molar-refractivity contribution is 5.74. The van der Waals surface area contributed by atoms with Crippen LogP contribution in [0.5, 0.6) is 0 Å². The average Bonchev–Trinajstić information content (AvgIpc) is 2.69. The van der Waals surface area contributed by atoms with E-state index in [1.54, 1.807) is 31.8 Å². The van der Waals surface area contributed by atoms with E-state index in [2.05, 4.69) is 15.7 Å². The van der Waals surface area contributed by atoms with Gasteiger partial charge in [-0.05, 0) is 20.3 Å². The van der Waals surface area contributed by atoms with Gasteiger partial charge in [0.1, 0.15) is 0 Å². The fourth-order valence-electron chi connectivity index (χ4n) is 1.58. The molecule has 2 amide bonds. The minimum Gasteiger partial charge on any atom is -0.481 e. The predicted molar refractivity (Wildman–Crippen MR) is 69.5 cm³/mol. The second-order valence-electron chi connectivity index (χ2n) is 5.11. The molecule has 0 aliphatic carbocycles. The number of hydrogen-bond acceptors (Lipinski definition) is 3. The van der Waals surface area contributed by atoms with Crippen molar-refractivity contribution in [1.29, 1.82) is 0 Å². The topological polar surface area (TPSA) is 96.2 Å². The number of carboxylic acid groups (broad SMARTS) is 1. The Labute approximate surface area is 112 Å². The van der Waals surface area contributed by atoms with Gasteiger partial charge in [-0.2, -0.15) is 5.10 Å². The monoisotopic (exact) mass is 268 g/mol. The SMILES string of the molecule is Cn1cc(CNC(=O)NC(C)(C)CCC(=O)O)cn1. The second-order valence-corrected chi connectivity index (χ2v) is 5.11. The summed E-state index contributed by atoms with van der Waals surface area (Å²) in [7, 11) is 1.80. The van der Waals surface area contributed by atoms with Crippen molar-refractivity contribution in [1.82, 2.24) is 20.4 Å². The molecular formula is C12H20N4O3. The van der Waals surface area contributed by atoms with Crippen LogP contribution in [0.3, 0.4) is 0 Å². The lowest BCUT2D eigenvalue weighted by Crippen LogP contribution is -2.48. The number of aryl methyl sites for hydroxylation is 1. The van der Waals surface area contributed by atoms with Gasteiger partial charge in [0.15, 0.2) is 0 Å². The van der Waals surface area contributed by atoms with Crippen molar-refractivity contribution < 1.29 is 14.7 Å². The summed E-state index contributed by atoms with van der Waals surface area (Å²) >= 11 is 0. The largest absolute Gasteiger partial charge is 0.481 e. The summed E-state index contributed by atoms with van der Waals surface area (Å²) in [6, 6.07) is -0.320. The van der Waals surface area contributed by atoms with Gasteiger partial charge in [-0.1, -0.05) is 0 Å². The number of aliphatic carboxylic acids is 1. The number of hydrogen-bond donors (Lipinski definition) is 3. The van der Waals surface area contributed by atoms with Crippen LogP contribution in [0.4, 0.5) is 4.79 Å². The van der Waals surface area contributed by atoms with Crippen molar-refractivity contribution >= 4 is 12.0 Å². The zero-order valence-electron chi connectivity index (χ0n) is 11.4. The van der Waals surface area contributed by atoms with Crippen LogP contribution in [0.1, 0.15) is 32.3 Å². The Morgan fingerprint density at radius 3 is 2.68 bits per heavy atom. The van der Waals surface area contributed by atoms with Crippen LogP contribution in [0.15, 0.2) is 12.4 Å². The molecular weight excluding hydrogens is 248 g/mol. The van der Waals surface area contributed by atoms with Crippen molar-refractivity contribution in [2.75, 3.05) is 0 Å². The molecule has 7 nitrogen and oxygen atoms in total. The molecule has 0 atom stereocenters. The number of rotatable bonds is 6. The fraction of sp³-hybridized carbons (Fsp3) is 0.583. The maximum absolute atomic E-state index is 11.7. The molecule has 0 aliphatic rings. The third kappa shape index (κ3) is 5.89. The molecule has 0 saturated heterocycles. The summed E-state index contributed by atoms with van der Waals surface area (Å²) in [5.74, 6) is -0.870. The van der Waals surface area contributed by atoms with Gasteiger partial charge in [-0.15, -0.1) is 0 Å². The Hall–Kier alpha value is -2.05. The maximum atomic E-state index is 11.7. The van der Waals surface area contributed by atoms with Gasteiger partial charge in [-0.3, -0.25) is 9.48 Å². The smallest absolute Gasteiger partial charge is 0.315 e. The van der Waals surface area contributed by atoms with Gasteiger partial charge in [0, 0.05) is 37.3 Å². The van der Waals surface area contributed by atoms with E-state index < -0.39 is 11.5 Å². The lowest BCUT2D eigenvalue weighted by atomic mass is 9.99. The average molecular weight is 268 g/mol. The molecule has 0 aromatic carbocycles. The van der Waals surface area contributed by atoms with E-state index in [-0.39, 0.29) is 12.5 Å². The molecule has 1 aromatic heterocycles. The Balaban J connectivity index is 2.35. The molecule has 0 saturated carbocycles. The van der Waals surface area contributed by atoms with Crippen LogP contribution in [0.2, 0.25) is 0 Å². The maximum Gasteiger partial charge on any atom is 0.315 e. The quantitative estimate of drug-likeness (QED) is 0.713. The van der Waals surface area contributed by atoms with E-state index in [0.717, 1.165) is 5.56 Å². The van der Waals surface area contributed by atoms with E-state index in [1.165, 1.54) is 0 Å². The van der Waals surface area contributed by atoms with E-state index in [9.17, 15) is 9.59 Å². The number of urea groups is 1. The van der Waals surface area contributed by atoms with E-state index in [4.69, 9.17) is 5.11 Å². The number of carbonyl (C=O) groups is 2. The van der Waals surface area contributed by atoms with E-state index in [1.807, 2.05) is 6.20 Å². The van der Waals surface area contributed by atoms with Gasteiger partial charge in [0.05, 0.1) is 6.20 Å². The van der Waals surface area contributed by atoms with Gasteiger partial charge in [0.2, 0.25) is 0 Å². The Morgan fingerprint density at radius 1 is 1.47 bits per heavy atom. The normalized spacial score (nSPS) is 11.1. The lowest BCUT2D eigenvalue weighted by molar-refractivity contribution is -0.137. The molecule has 0 unspecified atom stereocenters. The first-order valence-electron chi connectivity index (χ1n) is 6.04. The van der Waals surface area contributed by atoms with Crippen LogP contribution in [0, 0.1) is 0 Å². The highest BCUT2D eigenvalue weighted by Crippen LogP contribution is 2.10. The summed E-state index contributed by atoms with van der Waals surface area (Å²) < 4.78 is 1.66. The van der Waals surface area contributed by atoms with Crippen molar-refractivity contribution in [3.8, 4) is 0 Å². The van der Waals surface area contributed by atoms with Crippen LogP contribution >= 0.6 is 0 Å². The summed E-state index contributed by atoms with van der Waals surface area (Å²) in [6.07, 6.45) is 3.89. The number of nitrogens with one attached hydrogen (secondary N) is 2. The lowest BCUT2D eigenvalue weighted by Gasteiger charge is -2.25. The van der Waals surface area contributed by atoms with Crippen LogP contribution < -0.4 is 10.6 Å². The fourth-order valence-corrected chi connectivity index (χ4v) is 1.58. The predicted octanol–water partition coefficient (Wildman–Crippen LogP) is 0.863. The van der Waals surface area contributed by atoms with Crippen LogP contribution in [-0.4, -0.2) is 32.4 Å². The minimum atomic E-state index is -0.870. The van der Waals surface area contributed by atoms with Crippen molar-refractivity contribution in [3.05, 3.63) is 18.0 Å². The van der Waals surface area contributed by atoms with E-state index >= 15 is 0 Å². The molecule has 0 bridgehead atoms. The summed E-state index contributed by atoms with van der Waals surface area (Å²) in [6.45, 7) is 3.97. The molecule has 1 rings (SSSR count). The number of carbonyl (C=O) groups excluding carboxylic acids is 1. The molecule has 7 heteroatoms. The number of carboxylic acids is 1. The van der Waals surface area contributed by atoms with Crippen molar-refractivity contribution in [2.45, 2.75) is 38.8 Å². The first kappa shape index (κ1) is 15.0. The molecule has 19 heavy (non-hydrogen) atoms. The Bertz CT molecular complexity index is 454. The van der Waals surface area contributed by atoms with Gasteiger partial charge in [-0.25, -0.2) is 4.79 Å². The van der Waals surface area contributed by atoms with Gasteiger partial charge in [0.25, 0.3) is 0 Å². The summed E-state index contributed by atoms with van der Waals surface area (Å²) in [5.41, 5.74) is 0.346. The number of aromatic nitrogens is 2. The standard InChI is InChI=1S/C12H20N4O3/c1-12(2,5-4-10(17)18)15-11(19)13-6-9-7-14-16(3)8-9/h7-8H,4-6H2,1-3H3,(H,17,18)(H2,13,15,19). The van der Waals surface area contributed by atoms with Gasteiger partial charge < -0.3 is 15.7 Å². The zero-order chi connectivity index (χ0) is 14.5. The third-order valence-electron chi connectivity index (χ3n) is 2.63. The van der Waals surface area contributed by atoms with E-state index in [0.29, 0.717) is 13.0 Å². The summed E-state index contributed by atoms with van der Waals surface area (Å²) in [5, 5.41) is 18.1. The molecule has 1 aromatic rings. The number of amides is 2. The molecule has 3 N–H and O–H groups in total. The molecule has 0 spiro atoms. The van der Waals surface area contributed by atoms with Gasteiger partial charge >= 0.3 is 12.0 Å². The van der Waals surface area contributed by atoms with Crippen molar-refractivity contribution in [2.24, 2.45) is 7.05 Å². The first-order chi connectivity index (χ1) is 8.78. The molecule has 1 heterocycles. The highest BCUT2D eigenvalue weighted by atomic mass is 16.4. The third-order valence-corrected chi connectivity index (χ3v) is 2.63. The summed E-state index contributed by atoms with van der Waals surface area (Å²) in [4.78, 5) is 22.2. The van der Waals surface area contributed by atoms with Crippen LogP contribution in [-0.2, 0) is 18.4 Å². The minimum absolute atomic E-state index is 0.0237. The van der Waals surface area contributed by atoms with Crippen molar-refractivity contribution in [3.63, 3.8) is 0 Å². The molecule has 0 aliphatic heterocycles. The Morgan fingerprint density at radius 2 is 2.16 bits per heavy atom. The highest BCUT2D eigenvalue weighted by Gasteiger charge is 2.21. The van der Waals surface area contributed by atoms with Crippen LogP contribution in [0.25, 0.3) is 0 Å². The Kier molecular flexibility index (Phi) is 4.91. The molecule has 106 valence electrons. The first-order valence-corrected chi connectivity index (χ1v) is 6.04. The number of nitrogens with zero attached hydrogens (tertiary/aromatic N) is 2. The molecule has 0 fully saturated rings. The second kappa shape index (κ2) is 6.21. The zero-order valence-corrected chi connectivity index (χ0v) is 11.4. The molecule has 0 radical (unpaired) electrons.